The van der Waals surface area contributed by atoms with Gasteiger partial charge < -0.3 is 0 Å². The highest BCUT2D eigenvalue weighted by molar-refractivity contribution is 7.99. The summed E-state index contributed by atoms with van der Waals surface area (Å²) in [5.41, 5.74) is 2.18. The number of thioether (sulfide) groups is 1. The van der Waals surface area contributed by atoms with Gasteiger partial charge in [-0.15, -0.1) is 11.8 Å². The van der Waals surface area contributed by atoms with Gasteiger partial charge in [0.25, 0.3) is 0 Å². The minimum absolute atomic E-state index is 0.186. The molecule has 0 saturated carbocycles. The van der Waals surface area contributed by atoms with E-state index >= 15 is 0 Å². The van der Waals surface area contributed by atoms with Gasteiger partial charge in [-0.25, -0.2) is 0 Å². The van der Waals surface area contributed by atoms with Crippen LogP contribution in [0.1, 0.15) is 35.7 Å². The molecule has 1 atom stereocenters. The number of rotatable bonds is 1. The highest BCUT2D eigenvalue weighted by Crippen LogP contribution is 2.41. The Bertz CT molecular complexity index is 357. The van der Waals surface area contributed by atoms with Crippen LogP contribution in [0.4, 0.5) is 0 Å². The standard InChI is InChI=1S/C11H12OS/c1-7-6-13-10-5-3-4-9(8(2)12)11(7)10/h3-5,7H,6H2,1-2H3. The predicted molar refractivity (Wildman–Crippen MR) is 55.6 cm³/mol. The number of carbonyl (C=O) groups is 1. The lowest BCUT2D eigenvalue weighted by atomic mass is 9.95. The average molecular weight is 192 g/mol. The third-order valence-electron chi connectivity index (χ3n) is 2.43. The highest BCUT2D eigenvalue weighted by atomic mass is 32.2. The van der Waals surface area contributed by atoms with Gasteiger partial charge in [-0.05, 0) is 24.5 Å². The molecule has 1 aromatic rings. The zero-order valence-electron chi connectivity index (χ0n) is 7.83. The van der Waals surface area contributed by atoms with Gasteiger partial charge in [0.15, 0.2) is 5.78 Å². The summed E-state index contributed by atoms with van der Waals surface area (Å²) in [5, 5.41) is 0. The molecular formula is C11H12OS. The molecule has 1 unspecified atom stereocenters. The third-order valence-corrected chi connectivity index (χ3v) is 3.76. The smallest absolute Gasteiger partial charge is 0.160 e. The maximum Gasteiger partial charge on any atom is 0.160 e. The van der Waals surface area contributed by atoms with E-state index in [1.807, 2.05) is 23.9 Å². The van der Waals surface area contributed by atoms with Crippen LogP contribution in [-0.4, -0.2) is 11.5 Å². The Balaban J connectivity index is 2.60. The van der Waals surface area contributed by atoms with E-state index in [0.717, 1.165) is 11.3 Å². The van der Waals surface area contributed by atoms with Gasteiger partial charge in [-0.2, -0.15) is 0 Å². The van der Waals surface area contributed by atoms with Crippen LogP contribution in [0.3, 0.4) is 0 Å². The Morgan fingerprint density at radius 2 is 2.31 bits per heavy atom. The summed E-state index contributed by atoms with van der Waals surface area (Å²) >= 11 is 1.86. The second-order valence-corrected chi connectivity index (χ2v) is 4.55. The lowest BCUT2D eigenvalue weighted by molar-refractivity contribution is 0.101. The lowest BCUT2D eigenvalue weighted by Crippen LogP contribution is -2.01. The monoisotopic (exact) mass is 192 g/mol. The number of benzene rings is 1. The molecule has 0 amide bonds. The Labute approximate surface area is 82.5 Å². The van der Waals surface area contributed by atoms with Gasteiger partial charge >= 0.3 is 0 Å². The van der Waals surface area contributed by atoms with Crippen LogP contribution >= 0.6 is 11.8 Å². The first-order valence-corrected chi connectivity index (χ1v) is 5.45. The van der Waals surface area contributed by atoms with E-state index in [2.05, 4.69) is 13.0 Å². The molecule has 1 aliphatic heterocycles. The summed E-state index contributed by atoms with van der Waals surface area (Å²) in [4.78, 5) is 12.6. The summed E-state index contributed by atoms with van der Waals surface area (Å²) in [5.74, 6) is 1.82. The van der Waals surface area contributed by atoms with Crippen molar-refractivity contribution in [3.63, 3.8) is 0 Å². The fraction of sp³-hybridized carbons (Fsp3) is 0.364. The molecule has 1 heterocycles. The lowest BCUT2D eigenvalue weighted by Gasteiger charge is -2.07. The molecular weight excluding hydrogens is 180 g/mol. The van der Waals surface area contributed by atoms with Gasteiger partial charge in [-0.1, -0.05) is 19.1 Å². The molecule has 0 spiro atoms. The van der Waals surface area contributed by atoms with E-state index in [-0.39, 0.29) is 5.78 Å². The molecule has 0 aromatic heterocycles. The van der Waals surface area contributed by atoms with Crippen molar-refractivity contribution in [1.82, 2.24) is 0 Å². The van der Waals surface area contributed by atoms with Crippen LogP contribution in [0.15, 0.2) is 23.1 Å². The largest absolute Gasteiger partial charge is 0.295 e. The number of Topliss-reactive ketones (excluding diaryl/α,β-unsaturated/α-hetero) is 1. The van der Waals surface area contributed by atoms with Crippen LogP contribution in [0.5, 0.6) is 0 Å². The summed E-state index contributed by atoms with van der Waals surface area (Å²) < 4.78 is 0. The van der Waals surface area contributed by atoms with Crippen molar-refractivity contribution in [2.75, 3.05) is 5.75 Å². The summed E-state index contributed by atoms with van der Waals surface area (Å²) in [7, 11) is 0. The van der Waals surface area contributed by atoms with E-state index in [0.29, 0.717) is 5.92 Å². The summed E-state index contributed by atoms with van der Waals surface area (Å²) in [6, 6.07) is 6.01. The van der Waals surface area contributed by atoms with Crippen LogP contribution in [0, 0.1) is 0 Å². The quantitative estimate of drug-likeness (QED) is 0.636. The molecule has 0 aliphatic carbocycles. The Morgan fingerprint density at radius 3 is 3.00 bits per heavy atom. The average Bonchev–Trinajstić information content (AvgIpc) is 2.48. The maximum atomic E-state index is 11.3. The minimum Gasteiger partial charge on any atom is -0.295 e. The molecule has 2 heteroatoms. The number of hydrogen-bond donors (Lipinski definition) is 0. The van der Waals surface area contributed by atoms with Crippen molar-refractivity contribution < 1.29 is 4.79 Å². The van der Waals surface area contributed by atoms with Gasteiger partial charge in [0.05, 0.1) is 0 Å². The third kappa shape index (κ3) is 1.39. The van der Waals surface area contributed by atoms with E-state index in [4.69, 9.17) is 0 Å². The van der Waals surface area contributed by atoms with Crippen LogP contribution in [-0.2, 0) is 0 Å². The second kappa shape index (κ2) is 3.18. The molecule has 0 bridgehead atoms. The highest BCUT2D eigenvalue weighted by Gasteiger charge is 2.23. The fourth-order valence-electron chi connectivity index (χ4n) is 1.78. The molecule has 13 heavy (non-hydrogen) atoms. The van der Waals surface area contributed by atoms with Crippen molar-refractivity contribution in [3.05, 3.63) is 29.3 Å². The van der Waals surface area contributed by atoms with E-state index in [9.17, 15) is 4.79 Å². The number of hydrogen-bond acceptors (Lipinski definition) is 2. The topological polar surface area (TPSA) is 17.1 Å². The van der Waals surface area contributed by atoms with Gasteiger partial charge in [0.1, 0.15) is 0 Å². The van der Waals surface area contributed by atoms with Crippen molar-refractivity contribution in [2.45, 2.75) is 24.7 Å². The van der Waals surface area contributed by atoms with Gasteiger partial charge in [0.2, 0.25) is 0 Å². The van der Waals surface area contributed by atoms with Crippen molar-refractivity contribution >= 4 is 17.5 Å². The van der Waals surface area contributed by atoms with E-state index < -0.39 is 0 Å². The Kier molecular flexibility index (Phi) is 2.16. The molecule has 0 radical (unpaired) electrons. The molecule has 1 aromatic carbocycles. The normalized spacial score (nSPS) is 20.0. The molecule has 1 aliphatic rings. The molecule has 2 rings (SSSR count). The first kappa shape index (κ1) is 8.82. The van der Waals surface area contributed by atoms with Crippen LogP contribution in [0.2, 0.25) is 0 Å². The fourth-order valence-corrected chi connectivity index (χ4v) is 3.02. The minimum atomic E-state index is 0.186. The maximum absolute atomic E-state index is 11.3. The van der Waals surface area contributed by atoms with Crippen LogP contribution in [0.25, 0.3) is 0 Å². The van der Waals surface area contributed by atoms with E-state index in [1.54, 1.807) is 6.92 Å². The zero-order valence-corrected chi connectivity index (χ0v) is 8.65. The molecule has 0 N–H and O–H groups in total. The predicted octanol–water partition coefficient (Wildman–Crippen LogP) is 3.10. The van der Waals surface area contributed by atoms with Gasteiger partial charge in [0, 0.05) is 16.2 Å². The first-order valence-electron chi connectivity index (χ1n) is 4.47. The van der Waals surface area contributed by atoms with Crippen LogP contribution < -0.4 is 0 Å². The SMILES string of the molecule is CC(=O)c1cccc2c1C(C)CS2. The molecule has 68 valence electrons. The Morgan fingerprint density at radius 1 is 1.54 bits per heavy atom. The van der Waals surface area contributed by atoms with Crippen molar-refractivity contribution in [2.24, 2.45) is 0 Å². The Hall–Kier alpha value is -0.760. The molecule has 0 saturated heterocycles. The second-order valence-electron chi connectivity index (χ2n) is 3.49. The summed E-state index contributed by atoms with van der Waals surface area (Å²) in [6.45, 7) is 3.83. The number of carbonyl (C=O) groups excluding carboxylic acids is 1. The van der Waals surface area contributed by atoms with Crippen molar-refractivity contribution in [3.8, 4) is 0 Å². The first-order chi connectivity index (χ1) is 6.20. The zero-order chi connectivity index (χ0) is 9.42. The van der Waals surface area contributed by atoms with Gasteiger partial charge in [-0.3, -0.25) is 4.79 Å². The van der Waals surface area contributed by atoms with Crippen molar-refractivity contribution in [1.29, 1.82) is 0 Å². The summed E-state index contributed by atoms with van der Waals surface area (Å²) in [6.07, 6.45) is 0. The number of ketones is 1. The number of fused-ring (bicyclic) bond motifs is 1. The molecule has 1 nitrogen and oxygen atoms in total. The van der Waals surface area contributed by atoms with E-state index in [1.165, 1.54) is 10.5 Å². The molecule has 0 fully saturated rings.